The van der Waals surface area contributed by atoms with Gasteiger partial charge in [-0.1, -0.05) is 12.1 Å². The SMILES string of the molecule is Cc1cc(Oc2ccccc2F)ncc1NN.Cl. The van der Waals surface area contributed by atoms with Crippen LogP contribution in [0.25, 0.3) is 0 Å². The van der Waals surface area contributed by atoms with Crippen LogP contribution in [-0.2, 0) is 0 Å². The van der Waals surface area contributed by atoms with E-state index in [2.05, 4.69) is 10.4 Å². The summed E-state index contributed by atoms with van der Waals surface area (Å²) in [7, 11) is 0. The third-order valence-corrected chi connectivity index (χ3v) is 2.29. The molecule has 6 heteroatoms. The van der Waals surface area contributed by atoms with Crippen molar-refractivity contribution in [3.63, 3.8) is 0 Å². The Balaban J connectivity index is 0.00000162. The Morgan fingerprint density at radius 1 is 1.33 bits per heavy atom. The average Bonchev–Trinajstić information content (AvgIpc) is 2.32. The van der Waals surface area contributed by atoms with E-state index in [9.17, 15) is 4.39 Å². The summed E-state index contributed by atoms with van der Waals surface area (Å²) in [4.78, 5) is 4.02. The van der Waals surface area contributed by atoms with Gasteiger partial charge in [-0.15, -0.1) is 12.4 Å². The molecule has 0 unspecified atom stereocenters. The fraction of sp³-hybridized carbons (Fsp3) is 0.0833. The molecule has 0 aliphatic heterocycles. The zero-order valence-electron chi connectivity index (χ0n) is 9.68. The van der Waals surface area contributed by atoms with Gasteiger partial charge in [0, 0.05) is 6.07 Å². The van der Waals surface area contributed by atoms with Crippen molar-refractivity contribution in [2.24, 2.45) is 5.84 Å². The van der Waals surface area contributed by atoms with Crippen molar-refractivity contribution < 1.29 is 9.13 Å². The smallest absolute Gasteiger partial charge is 0.219 e. The third kappa shape index (κ3) is 3.09. The van der Waals surface area contributed by atoms with Crippen LogP contribution in [-0.4, -0.2) is 4.98 Å². The molecule has 4 nitrogen and oxygen atoms in total. The van der Waals surface area contributed by atoms with Crippen LogP contribution in [0, 0.1) is 12.7 Å². The molecular weight excluding hydrogens is 257 g/mol. The predicted octanol–water partition coefficient (Wildman–Crippen LogP) is 3.03. The minimum absolute atomic E-state index is 0. The second kappa shape index (κ2) is 6.18. The molecule has 0 saturated carbocycles. The number of rotatable bonds is 3. The molecule has 0 saturated heterocycles. The molecule has 18 heavy (non-hydrogen) atoms. The first-order chi connectivity index (χ1) is 8.20. The molecule has 96 valence electrons. The van der Waals surface area contributed by atoms with Gasteiger partial charge in [0.05, 0.1) is 11.9 Å². The Kier molecular flexibility index (Phi) is 4.88. The molecule has 1 heterocycles. The number of nitrogens with one attached hydrogen (secondary N) is 1. The number of para-hydroxylation sites is 1. The number of nitrogens with zero attached hydrogens (tertiary/aromatic N) is 1. The second-order valence-electron chi connectivity index (χ2n) is 3.51. The zero-order valence-corrected chi connectivity index (χ0v) is 10.5. The summed E-state index contributed by atoms with van der Waals surface area (Å²) >= 11 is 0. The molecule has 1 aromatic heterocycles. The molecule has 0 spiro atoms. The lowest BCUT2D eigenvalue weighted by Gasteiger charge is -2.08. The number of aryl methyl sites for hydroxylation is 1. The predicted molar refractivity (Wildman–Crippen MR) is 70.5 cm³/mol. The van der Waals surface area contributed by atoms with Gasteiger partial charge in [0.1, 0.15) is 0 Å². The topological polar surface area (TPSA) is 60.2 Å². The maximum absolute atomic E-state index is 13.3. The number of hydrogen-bond donors (Lipinski definition) is 2. The van der Waals surface area contributed by atoms with E-state index in [1.54, 1.807) is 24.3 Å². The van der Waals surface area contributed by atoms with Crippen LogP contribution in [0.3, 0.4) is 0 Å². The van der Waals surface area contributed by atoms with Gasteiger partial charge in [0.2, 0.25) is 5.88 Å². The number of halogens is 2. The molecule has 2 aromatic rings. The van der Waals surface area contributed by atoms with E-state index in [0.29, 0.717) is 11.6 Å². The third-order valence-electron chi connectivity index (χ3n) is 2.29. The number of nitrogens with two attached hydrogens (primary N) is 1. The number of nitrogen functional groups attached to an aromatic ring is 1. The van der Waals surface area contributed by atoms with E-state index in [-0.39, 0.29) is 18.2 Å². The Morgan fingerprint density at radius 3 is 2.67 bits per heavy atom. The quantitative estimate of drug-likeness (QED) is 0.664. The van der Waals surface area contributed by atoms with Crippen molar-refractivity contribution in [3.8, 4) is 11.6 Å². The summed E-state index contributed by atoms with van der Waals surface area (Å²) in [6.07, 6.45) is 1.53. The number of pyridine rings is 1. The van der Waals surface area contributed by atoms with E-state index in [1.165, 1.54) is 12.3 Å². The van der Waals surface area contributed by atoms with E-state index in [4.69, 9.17) is 10.6 Å². The van der Waals surface area contributed by atoms with Crippen molar-refractivity contribution in [1.29, 1.82) is 0 Å². The number of hydrazine groups is 1. The van der Waals surface area contributed by atoms with E-state index in [0.717, 1.165) is 5.56 Å². The number of ether oxygens (including phenoxy) is 1. The highest BCUT2D eigenvalue weighted by Crippen LogP contribution is 2.24. The molecule has 0 amide bonds. The molecule has 3 N–H and O–H groups in total. The van der Waals surface area contributed by atoms with Crippen molar-refractivity contribution >= 4 is 18.1 Å². The van der Waals surface area contributed by atoms with Crippen LogP contribution in [0.15, 0.2) is 36.5 Å². The number of anilines is 1. The number of hydrogen-bond acceptors (Lipinski definition) is 4. The zero-order chi connectivity index (χ0) is 12.3. The van der Waals surface area contributed by atoms with Crippen molar-refractivity contribution in [3.05, 3.63) is 47.9 Å². The summed E-state index contributed by atoms with van der Waals surface area (Å²) in [5, 5.41) is 0. The molecule has 2 rings (SSSR count). The highest BCUT2D eigenvalue weighted by atomic mass is 35.5. The Bertz CT molecular complexity index is 536. The maximum atomic E-state index is 13.3. The molecule has 0 aliphatic rings. The van der Waals surface area contributed by atoms with Crippen molar-refractivity contribution in [2.45, 2.75) is 6.92 Å². The van der Waals surface area contributed by atoms with Crippen LogP contribution in [0.2, 0.25) is 0 Å². The molecular formula is C12H13ClFN3O. The lowest BCUT2D eigenvalue weighted by molar-refractivity contribution is 0.427. The first-order valence-corrected chi connectivity index (χ1v) is 5.06. The van der Waals surface area contributed by atoms with Gasteiger partial charge < -0.3 is 10.2 Å². The van der Waals surface area contributed by atoms with Crippen molar-refractivity contribution in [1.82, 2.24) is 4.98 Å². The highest BCUT2D eigenvalue weighted by Gasteiger charge is 2.06. The van der Waals surface area contributed by atoms with Crippen LogP contribution in [0.1, 0.15) is 5.56 Å². The summed E-state index contributed by atoms with van der Waals surface area (Å²) in [6.45, 7) is 1.85. The number of aromatic nitrogens is 1. The van der Waals surface area contributed by atoms with E-state index >= 15 is 0 Å². The summed E-state index contributed by atoms with van der Waals surface area (Å²) < 4.78 is 18.7. The van der Waals surface area contributed by atoms with Gasteiger partial charge >= 0.3 is 0 Å². The van der Waals surface area contributed by atoms with Gasteiger partial charge in [-0.3, -0.25) is 5.84 Å². The first-order valence-electron chi connectivity index (χ1n) is 5.06. The normalized spacial score (nSPS) is 9.50. The Labute approximate surface area is 110 Å². The summed E-state index contributed by atoms with van der Waals surface area (Å²) in [5.41, 5.74) is 4.07. The maximum Gasteiger partial charge on any atom is 0.219 e. The molecule has 0 fully saturated rings. The van der Waals surface area contributed by atoms with Crippen LogP contribution in [0.5, 0.6) is 11.6 Å². The minimum atomic E-state index is -0.423. The molecule has 0 radical (unpaired) electrons. The van der Waals surface area contributed by atoms with Crippen molar-refractivity contribution in [2.75, 3.05) is 5.43 Å². The first kappa shape index (κ1) is 14.2. The van der Waals surface area contributed by atoms with Crippen LogP contribution in [0.4, 0.5) is 10.1 Å². The van der Waals surface area contributed by atoms with Crippen LogP contribution >= 0.6 is 12.4 Å². The van der Waals surface area contributed by atoms with E-state index < -0.39 is 5.82 Å². The Hall–Kier alpha value is -1.85. The monoisotopic (exact) mass is 269 g/mol. The fourth-order valence-electron chi connectivity index (χ4n) is 1.38. The molecule has 1 aromatic carbocycles. The second-order valence-corrected chi connectivity index (χ2v) is 3.51. The average molecular weight is 270 g/mol. The van der Waals surface area contributed by atoms with Gasteiger partial charge in [-0.05, 0) is 24.6 Å². The van der Waals surface area contributed by atoms with Gasteiger partial charge in [0.25, 0.3) is 0 Å². The standard InChI is InChI=1S/C12H12FN3O.ClH/c1-8-6-12(15-7-10(8)16-14)17-11-5-3-2-4-9(11)13;/h2-7,16H,14H2,1H3;1H. The molecule has 0 aliphatic carbocycles. The van der Waals surface area contributed by atoms with Crippen LogP contribution < -0.4 is 16.0 Å². The van der Waals surface area contributed by atoms with Gasteiger partial charge in [-0.25, -0.2) is 9.37 Å². The lowest BCUT2D eigenvalue weighted by Crippen LogP contribution is -2.08. The largest absolute Gasteiger partial charge is 0.436 e. The van der Waals surface area contributed by atoms with Gasteiger partial charge in [-0.2, -0.15) is 0 Å². The molecule has 0 atom stereocenters. The summed E-state index contributed by atoms with van der Waals surface area (Å²) in [5.74, 6) is 5.34. The fourth-order valence-corrected chi connectivity index (χ4v) is 1.38. The molecule has 0 bridgehead atoms. The Morgan fingerprint density at radius 2 is 2.06 bits per heavy atom. The highest BCUT2D eigenvalue weighted by molar-refractivity contribution is 5.85. The van der Waals surface area contributed by atoms with E-state index in [1.807, 2.05) is 6.92 Å². The summed E-state index contributed by atoms with van der Waals surface area (Å²) in [6, 6.07) is 7.85. The minimum Gasteiger partial charge on any atom is -0.436 e. The lowest BCUT2D eigenvalue weighted by atomic mass is 10.2. The van der Waals surface area contributed by atoms with Gasteiger partial charge in [0.15, 0.2) is 11.6 Å². The number of benzene rings is 1.